The predicted octanol–water partition coefficient (Wildman–Crippen LogP) is 3.48. The summed E-state index contributed by atoms with van der Waals surface area (Å²) in [5.74, 6) is -1.13. The van der Waals surface area contributed by atoms with Crippen LogP contribution in [0.4, 0.5) is 0 Å². The number of aliphatic carboxylic acids is 1. The molecule has 22 heavy (non-hydrogen) atoms. The van der Waals surface area contributed by atoms with E-state index in [1.807, 2.05) is 31.2 Å². The van der Waals surface area contributed by atoms with Crippen LogP contribution in [0.1, 0.15) is 38.7 Å². The van der Waals surface area contributed by atoms with Gasteiger partial charge in [-0.05, 0) is 44.2 Å². The third kappa shape index (κ3) is 3.19. The fourth-order valence-electron chi connectivity index (χ4n) is 3.09. The first-order chi connectivity index (χ1) is 10.4. The largest absolute Gasteiger partial charge is 0.480 e. The van der Waals surface area contributed by atoms with E-state index in [1.165, 1.54) is 0 Å². The number of nitrogens with zero attached hydrogens (tertiary/aromatic N) is 1. The standard InChI is InChI=1S/C17H22BrNO3/c1-3-12(11-13-7-4-5-8-14(13)18)15(20)19-10-6-9-17(19,2)16(21)22/h4-5,7-8,12H,3,6,9-11H2,1-2H3,(H,21,22). The fraction of sp³-hybridized carbons (Fsp3) is 0.529. The maximum Gasteiger partial charge on any atom is 0.329 e. The van der Waals surface area contributed by atoms with Crippen molar-refractivity contribution in [1.29, 1.82) is 0 Å². The summed E-state index contributed by atoms with van der Waals surface area (Å²) in [6, 6.07) is 7.86. The molecule has 1 aromatic carbocycles. The molecule has 1 amide bonds. The Bertz CT molecular complexity index is 575. The number of benzene rings is 1. The molecule has 2 atom stereocenters. The number of halogens is 1. The number of hydrogen-bond donors (Lipinski definition) is 1. The van der Waals surface area contributed by atoms with Gasteiger partial charge in [0.1, 0.15) is 5.54 Å². The lowest BCUT2D eigenvalue weighted by molar-refractivity contribution is -0.157. The molecule has 120 valence electrons. The SMILES string of the molecule is CCC(Cc1ccccc1Br)C(=O)N1CCCC1(C)C(=O)O. The van der Waals surface area contributed by atoms with Crippen LogP contribution in [0.2, 0.25) is 0 Å². The minimum atomic E-state index is -1.06. The number of rotatable bonds is 5. The van der Waals surface area contributed by atoms with E-state index in [1.54, 1.807) is 11.8 Å². The fourth-order valence-corrected chi connectivity index (χ4v) is 3.54. The average molecular weight is 368 g/mol. The summed E-state index contributed by atoms with van der Waals surface area (Å²) in [6.45, 7) is 4.17. The van der Waals surface area contributed by atoms with E-state index in [0.717, 1.165) is 16.5 Å². The Morgan fingerprint density at radius 2 is 2.09 bits per heavy atom. The molecule has 1 saturated heterocycles. The quantitative estimate of drug-likeness (QED) is 0.866. The number of carboxylic acids is 1. The minimum Gasteiger partial charge on any atom is -0.480 e. The van der Waals surface area contributed by atoms with Gasteiger partial charge in [-0.2, -0.15) is 0 Å². The zero-order valence-corrected chi connectivity index (χ0v) is 14.6. The molecule has 0 spiro atoms. The van der Waals surface area contributed by atoms with Crippen LogP contribution in [0.15, 0.2) is 28.7 Å². The number of hydrogen-bond acceptors (Lipinski definition) is 2. The minimum absolute atomic E-state index is 0.0411. The van der Waals surface area contributed by atoms with E-state index in [2.05, 4.69) is 15.9 Å². The van der Waals surface area contributed by atoms with E-state index >= 15 is 0 Å². The van der Waals surface area contributed by atoms with Crippen LogP contribution in [-0.4, -0.2) is 34.0 Å². The molecule has 4 nitrogen and oxygen atoms in total. The molecule has 1 heterocycles. The predicted molar refractivity (Wildman–Crippen MR) is 88.6 cm³/mol. The third-order valence-electron chi connectivity index (χ3n) is 4.63. The number of carbonyl (C=O) groups is 2. The Labute approximate surface area is 139 Å². The van der Waals surface area contributed by atoms with E-state index < -0.39 is 11.5 Å². The van der Waals surface area contributed by atoms with Crippen LogP contribution in [0.5, 0.6) is 0 Å². The molecular formula is C17H22BrNO3. The van der Waals surface area contributed by atoms with Gasteiger partial charge in [-0.15, -0.1) is 0 Å². The highest BCUT2D eigenvalue weighted by atomic mass is 79.9. The molecule has 1 N–H and O–H groups in total. The molecule has 5 heteroatoms. The van der Waals surface area contributed by atoms with Gasteiger partial charge in [0.15, 0.2) is 0 Å². The Morgan fingerprint density at radius 1 is 1.41 bits per heavy atom. The van der Waals surface area contributed by atoms with Gasteiger partial charge in [0.05, 0.1) is 0 Å². The summed E-state index contributed by atoms with van der Waals surface area (Å²) in [5, 5.41) is 9.48. The molecule has 0 radical (unpaired) electrons. The van der Waals surface area contributed by atoms with Crippen LogP contribution in [-0.2, 0) is 16.0 Å². The van der Waals surface area contributed by atoms with Gasteiger partial charge >= 0.3 is 5.97 Å². The van der Waals surface area contributed by atoms with Crippen molar-refractivity contribution in [2.45, 2.75) is 45.1 Å². The van der Waals surface area contributed by atoms with E-state index in [4.69, 9.17) is 0 Å². The number of carboxylic acid groups (broad SMARTS) is 1. The summed E-state index contributed by atoms with van der Waals surface area (Å²) in [4.78, 5) is 26.0. The van der Waals surface area contributed by atoms with Crippen molar-refractivity contribution < 1.29 is 14.7 Å². The molecule has 1 fully saturated rings. The monoisotopic (exact) mass is 367 g/mol. The van der Waals surface area contributed by atoms with Crippen LogP contribution in [0.25, 0.3) is 0 Å². The first kappa shape index (κ1) is 17.0. The Balaban J connectivity index is 2.19. The molecule has 1 aromatic rings. The lowest BCUT2D eigenvalue weighted by Crippen LogP contribution is -2.52. The summed E-state index contributed by atoms with van der Waals surface area (Å²) >= 11 is 3.51. The molecule has 0 aliphatic carbocycles. The summed E-state index contributed by atoms with van der Waals surface area (Å²) < 4.78 is 0.990. The first-order valence-electron chi connectivity index (χ1n) is 7.68. The van der Waals surface area contributed by atoms with Crippen molar-refractivity contribution >= 4 is 27.8 Å². The van der Waals surface area contributed by atoms with Gasteiger partial charge in [-0.1, -0.05) is 41.1 Å². The van der Waals surface area contributed by atoms with E-state index in [-0.39, 0.29) is 11.8 Å². The van der Waals surface area contributed by atoms with E-state index in [9.17, 15) is 14.7 Å². The van der Waals surface area contributed by atoms with Crippen molar-refractivity contribution in [3.05, 3.63) is 34.3 Å². The highest BCUT2D eigenvalue weighted by molar-refractivity contribution is 9.10. The second-order valence-electron chi connectivity index (χ2n) is 6.07. The Morgan fingerprint density at radius 3 is 2.68 bits per heavy atom. The zero-order chi connectivity index (χ0) is 16.3. The van der Waals surface area contributed by atoms with Crippen molar-refractivity contribution in [2.24, 2.45) is 5.92 Å². The van der Waals surface area contributed by atoms with Crippen molar-refractivity contribution in [1.82, 2.24) is 4.90 Å². The third-order valence-corrected chi connectivity index (χ3v) is 5.41. The van der Waals surface area contributed by atoms with E-state index in [0.29, 0.717) is 25.8 Å². The van der Waals surface area contributed by atoms with Gasteiger partial charge in [0.25, 0.3) is 0 Å². The maximum atomic E-state index is 12.9. The molecule has 2 unspecified atom stereocenters. The van der Waals surface area contributed by atoms with Crippen LogP contribution in [0.3, 0.4) is 0 Å². The van der Waals surface area contributed by atoms with Crippen molar-refractivity contribution in [2.75, 3.05) is 6.54 Å². The lowest BCUT2D eigenvalue weighted by Gasteiger charge is -2.34. The Kier molecular flexibility index (Phi) is 5.27. The number of carbonyl (C=O) groups excluding carboxylic acids is 1. The molecule has 1 aliphatic rings. The molecule has 2 rings (SSSR count). The molecule has 0 aromatic heterocycles. The summed E-state index contributed by atoms with van der Waals surface area (Å²) in [6.07, 6.45) is 2.61. The zero-order valence-electron chi connectivity index (χ0n) is 13.0. The highest BCUT2D eigenvalue weighted by Gasteiger charge is 2.47. The molecule has 0 bridgehead atoms. The highest BCUT2D eigenvalue weighted by Crippen LogP contribution is 2.32. The second kappa shape index (κ2) is 6.82. The first-order valence-corrected chi connectivity index (χ1v) is 8.47. The van der Waals surface area contributed by atoms with Crippen molar-refractivity contribution in [3.63, 3.8) is 0 Å². The van der Waals surface area contributed by atoms with Gasteiger partial charge in [0.2, 0.25) is 5.91 Å². The van der Waals surface area contributed by atoms with Gasteiger partial charge < -0.3 is 10.0 Å². The topological polar surface area (TPSA) is 57.6 Å². The van der Waals surface area contributed by atoms with Gasteiger partial charge in [0, 0.05) is 16.9 Å². The maximum absolute atomic E-state index is 12.9. The molecule has 1 aliphatic heterocycles. The van der Waals surface area contributed by atoms with Crippen LogP contribution in [0, 0.1) is 5.92 Å². The normalized spacial score (nSPS) is 22.6. The number of likely N-dealkylation sites (tertiary alicyclic amines) is 1. The van der Waals surface area contributed by atoms with Crippen LogP contribution < -0.4 is 0 Å². The summed E-state index contributed by atoms with van der Waals surface area (Å²) in [5.41, 5.74) is 0.0252. The number of amides is 1. The smallest absolute Gasteiger partial charge is 0.329 e. The molecular weight excluding hydrogens is 346 g/mol. The van der Waals surface area contributed by atoms with Crippen molar-refractivity contribution in [3.8, 4) is 0 Å². The average Bonchev–Trinajstić information content (AvgIpc) is 2.89. The van der Waals surface area contributed by atoms with Gasteiger partial charge in [-0.25, -0.2) is 4.79 Å². The molecule has 0 saturated carbocycles. The second-order valence-corrected chi connectivity index (χ2v) is 6.93. The Hall–Kier alpha value is -1.36. The summed E-state index contributed by atoms with van der Waals surface area (Å²) in [7, 11) is 0. The van der Waals surface area contributed by atoms with Crippen LogP contribution >= 0.6 is 15.9 Å². The van der Waals surface area contributed by atoms with Gasteiger partial charge in [-0.3, -0.25) is 4.79 Å². The lowest BCUT2D eigenvalue weighted by atomic mass is 9.92.